The molecule has 3 nitrogen and oxygen atoms in total. The molecular formula is C14H23N3. The molecule has 0 aliphatic carbocycles. The van der Waals surface area contributed by atoms with Crippen molar-refractivity contribution in [2.75, 3.05) is 32.1 Å². The Morgan fingerprint density at radius 1 is 1.29 bits per heavy atom. The maximum Gasteiger partial charge on any atom is 0.0366 e. The second-order valence-corrected chi connectivity index (χ2v) is 5.23. The highest BCUT2D eigenvalue weighted by molar-refractivity contribution is 5.49. The lowest BCUT2D eigenvalue weighted by atomic mass is 10.1. The molecule has 94 valence electrons. The molecular weight excluding hydrogens is 210 g/mol. The molecule has 0 bridgehead atoms. The first-order valence-electron chi connectivity index (χ1n) is 6.35. The average Bonchev–Trinajstić information content (AvgIpc) is 2.78. The van der Waals surface area contributed by atoms with E-state index in [-0.39, 0.29) is 6.04 Å². The largest absolute Gasteiger partial charge is 0.370 e. The van der Waals surface area contributed by atoms with Crippen LogP contribution in [-0.4, -0.2) is 38.1 Å². The van der Waals surface area contributed by atoms with E-state index in [4.69, 9.17) is 5.73 Å². The third-order valence-corrected chi connectivity index (χ3v) is 3.68. The van der Waals surface area contributed by atoms with E-state index in [1.165, 1.54) is 17.7 Å². The summed E-state index contributed by atoms with van der Waals surface area (Å²) in [6.45, 7) is 4.30. The van der Waals surface area contributed by atoms with Gasteiger partial charge in [0.05, 0.1) is 0 Å². The number of benzene rings is 1. The molecule has 1 fully saturated rings. The number of likely N-dealkylation sites (N-methyl/N-ethyl adjacent to an activating group) is 1. The number of hydrogen-bond donors (Lipinski definition) is 1. The first-order chi connectivity index (χ1) is 8.08. The van der Waals surface area contributed by atoms with Gasteiger partial charge in [-0.25, -0.2) is 0 Å². The van der Waals surface area contributed by atoms with Crippen molar-refractivity contribution >= 4 is 5.69 Å². The first-order valence-corrected chi connectivity index (χ1v) is 6.35. The molecule has 0 amide bonds. The molecule has 1 aliphatic rings. The number of nitrogens with zero attached hydrogens (tertiary/aromatic N) is 2. The summed E-state index contributed by atoms with van der Waals surface area (Å²) in [6.07, 6.45) is 1.25. The Labute approximate surface area is 104 Å². The maximum atomic E-state index is 5.86. The summed E-state index contributed by atoms with van der Waals surface area (Å²) in [7, 11) is 4.32. The van der Waals surface area contributed by atoms with Gasteiger partial charge in [0.15, 0.2) is 0 Å². The maximum absolute atomic E-state index is 5.86. The van der Waals surface area contributed by atoms with Gasteiger partial charge in [-0.2, -0.15) is 0 Å². The zero-order chi connectivity index (χ0) is 12.4. The third kappa shape index (κ3) is 2.79. The summed E-state index contributed by atoms with van der Waals surface area (Å²) in [5.74, 6) is 0. The second kappa shape index (κ2) is 5.07. The normalized spacial score (nSPS) is 22.2. The van der Waals surface area contributed by atoms with Crippen LogP contribution >= 0.6 is 0 Å². The molecule has 3 heteroatoms. The summed E-state index contributed by atoms with van der Waals surface area (Å²) in [5.41, 5.74) is 8.38. The first kappa shape index (κ1) is 12.4. The fourth-order valence-electron chi connectivity index (χ4n) is 2.39. The fourth-order valence-corrected chi connectivity index (χ4v) is 2.39. The summed E-state index contributed by atoms with van der Waals surface area (Å²) in [6, 6.07) is 9.47. The second-order valence-electron chi connectivity index (χ2n) is 5.23. The Balaban J connectivity index is 2.04. The van der Waals surface area contributed by atoms with Crippen LogP contribution in [0.15, 0.2) is 24.3 Å². The van der Waals surface area contributed by atoms with Crippen LogP contribution in [0.2, 0.25) is 0 Å². The van der Waals surface area contributed by atoms with Gasteiger partial charge < -0.3 is 15.5 Å². The van der Waals surface area contributed by atoms with Gasteiger partial charge in [-0.3, -0.25) is 0 Å². The Hall–Kier alpha value is -1.06. The predicted molar refractivity (Wildman–Crippen MR) is 73.3 cm³/mol. The highest BCUT2D eigenvalue weighted by Crippen LogP contribution is 2.23. The molecule has 1 aliphatic heterocycles. The molecule has 2 rings (SSSR count). The van der Waals surface area contributed by atoms with Crippen LogP contribution in [0.1, 0.15) is 24.9 Å². The summed E-state index contributed by atoms with van der Waals surface area (Å²) < 4.78 is 0. The zero-order valence-electron chi connectivity index (χ0n) is 11.1. The van der Waals surface area contributed by atoms with E-state index in [0.29, 0.717) is 6.04 Å². The predicted octanol–water partition coefficient (Wildman–Crippen LogP) is 1.85. The smallest absolute Gasteiger partial charge is 0.0366 e. The number of nitrogens with two attached hydrogens (primary N) is 1. The van der Waals surface area contributed by atoms with Gasteiger partial charge in [-0.05, 0) is 45.1 Å². The van der Waals surface area contributed by atoms with Crippen LogP contribution in [0.25, 0.3) is 0 Å². The molecule has 0 spiro atoms. The molecule has 2 N–H and O–H groups in total. The van der Waals surface area contributed by atoms with Crippen molar-refractivity contribution < 1.29 is 0 Å². The van der Waals surface area contributed by atoms with Gasteiger partial charge in [0, 0.05) is 30.9 Å². The minimum absolute atomic E-state index is 0.122. The van der Waals surface area contributed by atoms with Crippen molar-refractivity contribution in [3.8, 4) is 0 Å². The standard InChI is InChI=1S/C14H23N3/c1-11(15)12-4-6-13(7-5-12)17-9-8-14(10-17)16(2)3/h4-7,11,14H,8-10,15H2,1-3H3. The number of anilines is 1. The van der Waals surface area contributed by atoms with Gasteiger partial charge in [-0.15, -0.1) is 0 Å². The van der Waals surface area contributed by atoms with Crippen molar-refractivity contribution in [1.82, 2.24) is 4.90 Å². The molecule has 1 saturated heterocycles. The van der Waals surface area contributed by atoms with Gasteiger partial charge in [-0.1, -0.05) is 12.1 Å². The van der Waals surface area contributed by atoms with Crippen molar-refractivity contribution in [2.45, 2.75) is 25.4 Å². The SMILES string of the molecule is CC(N)c1ccc(N2CCC(N(C)C)C2)cc1. The molecule has 1 heterocycles. The van der Waals surface area contributed by atoms with E-state index in [2.05, 4.69) is 48.2 Å². The van der Waals surface area contributed by atoms with Crippen molar-refractivity contribution in [1.29, 1.82) is 0 Å². The molecule has 2 unspecified atom stereocenters. The van der Waals surface area contributed by atoms with Crippen LogP contribution in [0.5, 0.6) is 0 Å². The minimum Gasteiger partial charge on any atom is -0.370 e. The van der Waals surface area contributed by atoms with E-state index >= 15 is 0 Å². The molecule has 0 aromatic heterocycles. The van der Waals surface area contributed by atoms with E-state index in [1.54, 1.807) is 0 Å². The number of hydrogen-bond acceptors (Lipinski definition) is 3. The Kier molecular flexibility index (Phi) is 3.69. The lowest BCUT2D eigenvalue weighted by molar-refractivity contribution is 0.315. The van der Waals surface area contributed by atoms with Gasteiger partial charge in [0.1, 0.15) is 0 Å². The van der Waals surface area contributed by atoms with Crippen molar-refractivity contribution in [2.24, 2.45) is 5.73 Å². The van der Waals surface area contributed by atoms with Crippen LogP contribution < -0.4 is 10.6 Å². The quantitative estimate of drug-likeness (QED) is 0.864. The number of rotatable bonds is 3. The molecule has 0 saturated carbocycles. The summed E-state index contributed by atoms with van der Waals surface area (Å²) in [4.78, 5) is 4.77. The topological polar surface area (TPSA) is 32.5 Å². The van der Waals surface area contributed by atoms with Crippen molar-refractivity contribution in [3.05, 3.63) is 29.8 Å². The van der Waals surface area contributed by atoms with Crippen molar-refractivity contribution in [3.63, 3.8) is 0 Å². The van der Waals surface area contributed by atoms with Gasteiger partial charge in [0.25, 0.3) is 0 Å². The molecule has 0 radical (unpaired) electrons. The fraction of sp³-hybridized carbons (Fsp3) is 0.571. The van der Waals surface area contributed by atoms with E-state index in [1.807, 2.05) is 6.92 Å². The summed E-state index contributed by atoms with van der Waals surface area (Å²) in [5, 5.41) is 0. The lowest BCUT2D eigenvalue weighted by Gasteiger charge is -2.22. The Morgan fingerprint density at radius 3 is 2.41 bits per heavy atom. The molecule has 1 aromatic carbocycles. The highest BCUT2D eigenvalue weighted by atomic mass is 15.2. The van der Waals surface area contributed by atoms with E-state index < -0.39 is 0 Å². The molecule has 1 aromatic rings. The minimum atomic E-state index is 0.122. The summed E-state index contributed by atoms with van der Waals surface area (Å²) >= 11 is 0. The Bertz CT molecular complexity index is 356. The van der Waals surface area contributed by atoms with Crippen LogP contribution in [-0.2, 0) is 0 Å². The van der Waals surface area contributed by atoms with E-state index in [0.717, 1.165) is 13.1 Å². The lowest BCUT2D eigenvalue weighted by Crippen LogP contribution is -2.31. The van der Waals surface area contributed by atoms with E-state index in [9.17, 15) is 0 Å². The third-order valence-electron chi connectivity index (χ3n) is 3.68. The Morgan fingerprint density at radius 2 is 1.94 bits per heavy atom. The monoisotopic (exact) mass is 233 g/mol. The van der Waals surface area contributed by atoms with Crippen LogP contribution in [0, 0.1) is 0 Å². The molecule has 17 heavy (non-hydrogen) atoms. The van der Waals surface area contributed by atoms with Gasteiger partial charge >= 0.3 is 0 Å². The zero-order valence-corrected chi connectivity index (χ0v) is 11.1. The van der Waals surface area contributed by atoms with Crippen LogP contribution in [0.4, 0.5) is 5.69 Å². The highest BCUT2D eigenvalue weighted by Gasteiger charge is 2.23. The van der Waals surface area contributed by atoms with Gasteiger partial charge in [0.2, 0.25) is 0 Å². The molecule has 2 atom stereocenters. The average molecular weight is 233 g/mol. The van der Waals surface area contributed by atoms with Crippen LogP contribution in [0.3, 0.4) is 0 Å².